The maximum absolute atomic E-state index is 6.98. The summed E-state index contributed by atoms with van der Waals surface area (Å²) in [6.07, 6.45) is 1.91. The molecule has 2 aliphatic rings. The first-order chi connectivity index (χ1) is 37.0. The van der Waals surface area contributed by atoms with Gasteiger partial charge >= 0.3 is 294 Å². The summed E-state index contributed by atoms with van der Waals surface area (Å²) in [5.41, 5.74) is 18.7. The van der Waals surface area contributed by atoms with Crippen molar-refractivity contribution in [2.75, 3.05) is 0 Å². The molecule has 0 unspecified atom stereocenters. The molecular weight excluding hydrogens is 1100 g/mol. The van der Waals surface area contributed by atoms with Crippen LogP contribution in [-0.2, 0) is 24.8 Å². The van der Waals surface area contributed by atoms with E-state index in [0.717, 1.165) is 116 Å². The van der Waals surface area contributed by atoms with Crippen LogP contribution in [0.5, 0.6) is 23.0 Å². The van der Waals surface area contributed by atoms with Gasteiger partial charge in [0.05, 0.1) is 5.41 Å². The van der Waals surface area contributed by atoms with Crippen LogP contribution < -0.4 is 9.47 Å². The number of nitrogens with zero attached hydrogens (tertiary/aromatic N) is 4. The Hall–Kier alpha value is -9.09. The topological polar surface area (TPSA) is 46.1 Å². The minimum atomic E-state index is -0.607. The Morgan fingerprint density at radius 3 is 1.72 bits per heavy atom. The van der Waals surface area contributed by atoms with Gasteiger partial charge in [-0.1, -0.05) is 60.7 Å². The summed E-state index contributed by atoms with van der Waals surface area (Å²) in [6.45, 7) is 2.13. The molecule has 0 N–H and O–H groups in total. The van der Waals surface area contributed by atoms with Crippen molar-refractivity contribution in [1.82, 2.24) is 18.7 Å². The summed E-state index contributed by atoms with van der Waals surface area (Å²) in [5, 5.41) is 2.26. The van der Waals surface area contributed by atoms with E-state index < -0.39 is 5.41 Å². The molecule has 1 spiro atoms. The zero-order chi connectivity index (χ0) is 49.8. The van der Waals surface area contributed by atoms with E-state index in [1.807, 2.05) is 12.3 Å². The predicted molar refractivity (Wildman–Crippen MR) is 297 cm³/mol. The van der Waals surface area contributed by atoms with Crippen molar-refractivity contribution in [3.63, 3.8) is 0 Å². The zero-order valence-corrected chi connectivity index (χ0v) is 42.9. The third-order valence-electron chi connectivity index (χ3n) is 15.3. The normalized spacial score (nSPS) is 12.9. The molecule has 0 fully saturated rings. The molecule has 13 aromatic rings. The van der Waals surface area contributed by atoms with Gasteiger partial charge in [0.15, 0.2) is 0 Å². The van der Waals surface area contributed by atoms with Gasteiger partial charge in [0, 0.05) is 17.3 Å². The molecule has 75 heavy (non-hydrogen) atoms. The van der Waals surface area contributed by atoms with Gasteiger partial charge in [-0.05, 0) is 52.9 Å². The Kier molecular flexibility index (Phi) is 9.85. The third-order valence-corrected chi connectivity index (χ3v) is 16.3. The van der Waals surface area contributed by atoms with Gasteiger partial charge in [0.1, 0.15) is 11.5 Å². The predicted octanol–water partition coefficient (Wildman–Crippen LogP) is 16.9. The molecule has 1 aliphatic carbocycles. The molecule has 15 rings (SSSR count). The van der Waals surface area contributed by atoms with Gasteiger partial charge in [-0.3, -0.25) is 0 Å². The number of aromatic nitrogens is 4. The van der Waals surface area contributed by atoms with Crippen LogP contribution in [0, 0.1) is 10.7 Å². The number of pyridine rings is 1. The summed E-state index contributed by atoms with van der Waals surface area (Å²) in [4.78, 5) is 5.05. The van der Waals surface area contributed by atoms with Crippen molar-refractivity contribution in [3.05, 3.63) is 280 Å². The van der Waals surface area contributed by atoms with E-state index >= 15 is 0 Å². The number of ether oxygens (including phenoxy) is 2. The molecule has 0 saturated heterocycles. The van der Waals surface area contributed by atoms with E-state index in [1.165, 1.54) is 22.3 Å². The van der Waals surface area contributed by atoms with Crippen LogP contribution in [0.15, 0.2) is 249 Å². The number of rotatable bonds is 7. The van der Waals surface area contributed by atoms with Gasteiger partial charge in [-0.25, -0.2) is 0 Å². The average molecular weight is 1140 g/mol. The SMILES string of the molecule is Cc1ccnc(-n2c3cc(Oc4cccc(-n5[c](=[Pt])n(-c6c(-c7ccccc7)cccc6-c6ccccc6)c6ccccc65)c4)ccc3c3cc4c(cc32)C2(c3ccccc3Oc3ccccc32)c2ccccc2-4)c1. The first kappa shape index (κ1) is 43.5. The number of imidazole rings is 1. The van der Waals surface area contributed by atoms with Crippen LogP contribution in [0.1, 0.15) is 27.8 Å². The molecule has 6 nitrogen and oxygen atoms in total. The smallest absolute Gasteiger partial charge is 0.457 e. The summed E-state index contributed by atoms with van der Waals surface area (Å²) in [5.74, 6) is 4.04. The number of fused-ring (bicyclic) bond motifs is 13. The monoisotopic (exact) mass is 1140 g/mol. The first-order valence-corrected chi connectivity index (χ1v) is 26.4. The summed E-state index contributed by atoms with van der Waals surface area (Å²) in [6, 6.07) is 86.7. The van der Waals surface area contributed by atoms with Crippen molar-refractivity contribution in [3.8, 4) is 73.6 Å². The minimum absolute atomic E-state index is 0.607. The van der Waals surface area contributed by atoms with Gasteiger partial charge in [-0.15, -0.1) is 0 Å². The average Bonchev–Trinajstić information content (AvgIpc) is 4.06. The summed E-state index contributed by atoms with van der Waals surface area (Å²) in [7, 11) is 0. The number of hydrogen-bond acceptors (Lipinski definition) is 3. The summed E-state index contributed by atoms with van der Waals surface area (Å²) < 4.78 is 21.8. The molecule has 10 aromatic carbocycles. The maximum atomic E-state index is 6.98. The van der Waals surface area contributed by atoms with E-state index in [1.54, 1.807) is 0 Å². The van der Waals surface area contributed by atoms with Crippen LogP contribution in [0.4, 0.5) is 0 Å². The standard InChI is InChI=1S/C68H44N4O2.Pt/c1-44-36-37-69-66(38-44)72-62-40-49(34-35-53(62)55-41-54-52-24-8-9-27-56(52)68(59(54)42-63(55)72)57-28-10-14-32-64(57)74-65-33-15-11-29-58(65)68)73-48-23-16-22-47(39-48)70-43-71(61-31-13-12-30-60(61)70)67-50(45-18-4-2-5-19-45)25-17-26-51(67)46-20-6-3-7-21-46;/h2-42H,1H3;. The fraction of sp³-hybridized carbons (Fsp3) is 0.0294. The van der Waals surface area contributed by atoms with E-state index in [4.69, 9.17) is 14.5 Å². The zero-order valence-electron chi connectivity index (χ0n) is 40.6. The molecule has 3 aromatic heterocycles. The molecule has 0 radical (unpaired) electrons. The molecule has 1 aliphatic heterocycles. The Labute approximate surface area is 444 Å². The number of benzene rings is 10. The molecule has 358 valence electrons. The number of aryl methyl sites for hydroxylation is 1. The van der Waals surface area contributed by atoms with Crippen LogP contribution >= 0.6 is 0 Å². The van der Waals surface area contributed by atoms with Crippen LogP contribution in [0.25, 0.3) is 83.4 Å². The molecule has 0 bridgehead atoms. The van der Waals surface area contributed by atoms with Crippen molar-refractivity contribution in [2.45, 2.75) is 12.3 Å². The van der Waals surface area contributed by atoms with Crippen LogP contribution in [0.2, 0.25) is 0 Å². The van der Waals surface area contributed by atoms with Gasteiger partial charge in [-0.2, -0.15) is 0 Å². The second-order valence-corrected chi connectivity index (χ2v) is 20.5. The second-order valence-electron chi connectivity index (χ2n) is 19.4. The fourth-order valence-corrected chi connectivity index (χ4v) is 13.3. The molecule has 7 heteroatoms. The minimum Gasteiger partial charge on any atom is -0.457 e. The van der Waals surface area contributed by atoms with Crippen LogP contribution in [0.3, 0.4) is 0 Å². The van der Waals surface area contributed by atoms with Crippen molar-refractivity contribution < 1.29 is 28.8 Å². The third kappa shape index (κ3) is 6.56. The van der Waals surface area contributed by atoms with Gasteiger partial charge in [0.25, 0.3) is 0 Å². The number of para-hydroxylation sites is 5. The van der Waals surface area contributed by atoms with Crippen molar-refractivity contribution in [2.24, 2.45) is 0 Å². The molecule has 0 atom stereocenters. The Bertz CT molecular complexity index is 4430. The summed E-state index contributed by atoms with van der Waals surface area (Å²) >= 11 is 2.51. The van der Waals surface area contributed by atoms with E-state index in [0.29, 0.717) is 0 Å². The van der Waals surface area contributed by atoms with Crippen molar-refractivity contribution >= 4 is 32.8 Å². The van der Waals surface area contributed by atoms with Gasteiger partial charge in [0.2, 0.25) is 0 Å². The van der Waals surface area contributed by atoms with Crippen molar-refractivity contribution in [1.29, 1.82) is 0 Å². The second kappa shape index (κ2) is 17.0. The van der Waals surface area contributed by atoms with E-state index in [9.17, 15) is 0 Å². The van der Waals surface area contributed by atoms with E-state index in [-0.39, 0.29) is 0 Å². The number of hydrogen-bond donors (Lipinski definition) is 0. The van der Waals surface area contributed by atoms with Gasteiger partial charge < -0.3 is 4.74 Å². The quantitative estimate of drug-likeness (QED) is 0.160. The Balaban J connectivity index is 0.895. The molecule has 0 saturated carbocycles. The fourth-order valence-electron chi connectivity index (χ4n) is 12.2. The molecule has 4 heterocycles. The molecule has 0 amide bonds. The first-order valence-electron chi connectivity index (χ1n) is 25.3. The van der Waals surface area contributed by atoms with Crippen LogP contribution in [-0.4, -0.2) is 18.7 Å². The Morgan fingerprint density at radius 1 is 0.427 bits per heavy atom. The molecular formula is C68H44N4O2Pt. The Morgan fingerprint density at radius 2 is 1.01 bits per heavy atom. The van der Waals surface area contributed by atoms with E-state index in [2.05, 4.69) is 277 Å².